The lowest BCUT2D eigenvalue weighted by atomic mass is 9.71. The maximum absolute atomic E-state index is 13.5. The Hall–Kier alpha value is -5.80. The van der Waals surface area contributed by atoms with E-state index in [0.29, 0.717) is 11.1 Å². The Morgan fingerprint density at radius 3 is 1.77 bits per heavy atom. The molecular formula is C45H33NO2. The van der Waals surface area contributed by atoms with E-state index in [1.807, 2.05) is 42.5 Å². The molecule has 0 radical (unpaired) electrons. The molecule has 0 saturated heterocycles. The van der Waals surface area contributed by atoms with Crippen LogP contribution in [0.4, 0.5) is 17.1 Å². The molecular weight excluding hydrogens is 587 g/mol. The van der Waals surface area contributed by atoms with Gasteiger partial charge < -0.3 is 4.90 Å². The first-order valence-corrected chi connectivity index (χ1v) is 16.5. The molecule has 9 rings (SSSR count). The minimum absolute atomic E-state index is 0.208. The third kappa shape index (κ3) is 4.14. The van der Waals surface area contributed by atoms with E-state index in [-0.39, 0.29) is 22.6 Å². The van der Waals surface area contributed by atoms with Gasteiger partial charge in [-0.1, -0.05) is 86.6 Å². The summed E-state index contributed by atoms with van der Waals surface area (Å²) in [6.07, 6.45) is 1.77. The van der Waals surface area contributed by atoms with Crippen molar-refractivity contribution in [3.63, 3.8) is 0 Å². The van der Waals surface area contributed by atoms with Crippen molar-refractivity contribution in [3.05, 3.63) is 166 Å². The van der Waals surface area contributed by atoms with Gasteiger partial charge in [0.15, 0.2) is 11.6 Å². The van der Waals surface area contributed by atoms with Crippen LogP contribution >= 0.6 is 0 Å². The molecule has 0 spiro atoms. The van der Waals surface area contributed by atoms with Gasteiger partial charge in [-0.15, -0.1) is 0 Å². The number of hydrogen-bond donors (Lipinski definition) is 0. The normalized spacial score (nSPS) is 14.8. The van der Waals surface area contributed by atoms with E-state index in [2.05, 4.69) is 111 Å². The summed E-state index contributed by atoms with van der Waals surface area (Å²) in [5.74, 6) is -0.416. The van der Waals surface area contributed by atoms with Crippen LogP contribution in [0.15, 0.2) is 127 Å². The number of fused-ring (bicyclic) bond motifs is 7. The van der Waals surface area contributed by atoms with Gasteiger partial charge in [-0.05, 0) is 129 Å². The Labute approximate surface area is 279 Å². The number of nitrogens with zero attached hydrogens (tertiary/aromatic N) is 1. The molecule has 3 nitrogen and oxygen atoms in total. The molecule has 1 aliphatic heterocycles. The zero-order valence-electron chi connectivity index (χ0n) is 27.4. The molecule has 2 aliphatic rings. The van der Waals surface area contributed by atoms with Gasteiger partial charge in [0, 0.05) is 22.2 Å². The van der Waals surface area contributed by atoms with Crippen molar-refractivity contribution in [3.8, 4) is 0 Å². The number of Topliss-reactive ketones (excluding diaryl/α,β-unsaturated/α-hetero) is 2. The molecule has 0 N–H and O–H groups in total. The quantitative estimate of drug-likeness (QED) is 0.143. The summed E-state index contributed by atoms with van der Waals surface area (Å²) < 4.78 is 0. The Balaban J connectivity index is 1.22. The van der Waals surface area contributed by atoms with Crippen molar-refractivity contribution in [2.75, 3.05) is 4.90 Å². The van der Waals surface area contributed by atoms with Gasteiger partial charge in [0.25, 0.3) is 0 Å². The molecule has 230 valence electrons. The minimum atomic E-state index is -0.301. The van der Waals surface area contributed by atoms with Crippen LogP contribution in [-0.4, -0.2) is 11.6 Å². The van der Waals surface area contributed by atoms with Crippen LogP contribution in [0.5, 0.6) is 0 Å². The van der Waals surface area contributed by atoms with Gasteiger partial charge in [0.2, 0.25) is 0 Å². The van der Waals surface area contributed by atoms with E-state index >= 15 is 0 Å². The SMILES string of the molecule is Cc1cc(C)cc(N2c3cc4ccccc4cc3C(C)(C)c3c2ccc2cc(C=C4C(=O)c5cc6ccccc6cc5C4=O)ccc32)c1. The third-order valence-electron chi connectivity index (χ3n) is 10.3. The van der Waals surface area contributed by atoms with Crippen LogP contribution in [-0.2, 0) is 5.41 Å². The molecule has 1 heterocycles. The highest BCUT2D eigenvalue weighted by Gasteiger charge is 2.39. The summed E-state index contributed by atoms with van der Waals surface area (Å²) >= 11 is 0. The van der Waals surface area contributed by atoms with Crippen molar-refractivity contribution in [1.29, 1.82) is 0 Å². The lowest BCUT2D eigenvalue weighted by Crippen LogP contribution is -2.31. The van der Waals surface area contributed by atoms with Crippen molar-refractivity contribution >= 4 is 67.0 Å². The first-order valence-electron chi connectivity index (χ1n) is 16.5. The smallest absolute Gasteiger partial charge is 0.197 e. The molecule has 3 heteroatoms. The maximum Gasteiger partial charge on any atom is 0.197 e. The number of carbonyl (C=O) groups is 2. The molecule has 0 fully saturated rings. The fourth-order valence-electron chi connectivity index (χ4n) is 8.11. The number of benzene rings is 7. The molecule has 0 bridgehead atoms. The minimum Gasteiger partial charge on any atom is -0.310 e. The molecule has 7 aromatic carbocycles. The summed E-state index contributed by atoms with van der Waals surface area (Å²) in [5, 5.41) is 6.59. The number of allylic oxidation sites excluding steroid dienone is 1. The van der Waals surface area contributed by atoms with Crippen molar-refractivity contribution < 1.29 is 9.59 Å². The van der Waals surface area contributed by atoms with Gasteiger partial charge in [-0.25, -0.2) is 0 Å². The number of carbonyl (C=O) groups excluding carboxylic acids is 2. The summed E-state index contributed by atoms with van der Waals surface area (Å²) in [4.78, 5) is 29.5. The van der Waals surface area contributed by atoms with Crippen LogP contribution in [0.1, 0.15) is 62.4 Å². The van der Waals surface area contributed by atoms with Gasteiger partial charge in [-0.2, -0.15) is 0 Å². The van der Waals surface area contributed by atoms with Crippen molar-refractivity contribution in [1.82, 2.24) is 0 Å². The Morgan fingerprint density at radius 2 is 1.15 bits per heavy atom. The predicted molar refractivity (Wildman–Crippen MR) is 198 cm³/mol. The van der Waals surface area contributed by atoms with Gasteiger partial charge in [0.1, 0.15) is 0 Å². The summed E-state index contributed by atoms with van der Waals surface area (Å²) in [6, 6.07) is 42.3. The van der Waals surface area contributed by atoms with E-state index in [1.54, 1.807) is 6.08 Å². The second kappa shape index (κ2) is 10.1. The van der Waals surface area contributed by atoms with E-state index < -0.39 is 0 Å². The van der Waals surface area contributed by atoms with Crippen LogP contribution in [0.2, 0.25) is 0 Å². The number of anilines is 3. The summed E-state index contributed by atoms with van der Waals surface area (Å²) in [6.45, 7) is 8.96. The van der Waals surface area contributed by atoms with Crippen molar-refractivity contribution in [2.24, 2.45) is 0 Å². The fourth-order valence-corrected chi connectivity index (χ4v) is 8.11. The summed E-state index contributed by atoms with van der Waals surface area (Å²) in [7, 11) is 0. The second-order valence-electron chi connectivity index (χ2n) is 13.9. The monoisotopic (exact) mass is 619 g/mol. The maximum atomic E-state index is 13.5. The number of rotatable bonds is 2. The van der Waals surface area contributed by atoms with E-state index in [0.717, 1.165) is 38.5 Å². The van der Waals surface area contributed by atoms with Gasteiger partial charge in [-0.3, -0.25) is 9.59 Å². The highest BCUT2D eigenvalue weighted by Crippen LogP contribution is 2.55. The molecule has 48 heavy (non-hydrogen) atoms. The zero-order chi connectivity index (χ0) is 32.9. The lowest BCUT2D eigenvalue weighted by Gasteiger charge is -2.43. The topological polar surface area (TPSA) is 37.4 Å². The van der Waals surface area contributed by atoms with E-state index in [1.165, 1.54) is 38.7 Å². The van der Waals surface area contributed by atoms with Crippen LogP contribution in [0.3, 0.4) is 0 Å². The lowest BCUT2D eigenvalue weighted by molar-refractivity contribution is 0.0990. The first kappa shape index (κ1) is 28.4. The number of hydrogen-bond acceptors (Lipinski definition) is 3. The number of aryl methyl sites for hydroxylation is 2. The zero-order valence-corrected chi connectivity index (χ0v) is 27.4. The van der Waals surface area contributed by atoms with Crippen molar-refractivity contribution in [2.45, 2.75) is 33.1 Å². The molecule has 0 amide bonds. The van der Waals surface area contributed by atoms with E-state index in [9.17, 15) is 9.59 Å². The fraction of sp³-hybridized carbons (Fsp3) is 0.111. The Kier molecular flexibility index (Phi) is 5.98. The average Bonchev–Trinajstić information content (AvgIpc) is 3.29. The molecule has 1 aliphatic carbocycles. The standard InChI is InChI=1S/C45H33NO2/c1-26-17-27(2)19-34(18-26)46-40-16-14-33-20-28(21-38-43(47)36-22-29-9-5-6-10-30(29)23-37(36)44(38)48)13-15-35(33)42(40)45(3,4)39-24-31-11-7-8-12-32(31)25-41(39)46/h5-25H,1-4H3. The summed E-state index contributed by atoms with van der Waals surface area (Å²) in [5.41, 5.74) is 10.2. The van der Waals surface area contributed by atoms with Crippen LogP contribution in [0, 0.1) is 13.8 Å². The van der Waals surface area contributed by atoms with Gasteiger partial charge in [0.05, 0.1) is 16.9 Å². The first-order chi connectivity index (χ1) is 23.2. The molecule has 0 aromatic heterocycles. The van der Waals surface area contributed by atoms with Gasteiger partial charge >= 0.3 is 0 Å². The predicted octanol–water partition coefficient (Wildman–Crippen LogP) is 11.3. The van der Waals surface area contributed by atoms with E-state index in [4.69, 9.17) is 0 Å². The molecule has 7 aromatic rings. The molecule has 0 unspecified atom stereocenters. The third-order valence-corrected chi connectivity index (χ3v) is 10.3. The average molecular weight is 620 g/mol. The highest BCUT2D eigenvalue weighted by atomic mass is 16.2. The Morgan fingerprint density at radius 1 is 0.562 bits per heavy atom. The van der Waals surface area contributed by atoms with Crippen LogP contribution < -0.4 is 4.90 Å². The second-order valence-corrected chi connectivity index (χ2v) is 13.9. The number of ketones is 2. The molecule has 0 atom stereocenters. The highest BCUT2D eigenvalue weighted by molar-refractivity contribution is 6.42. The largest absolute Gasteiger partial charge is 0.310 e. The molecule has 0 saturated carbocycles. The van der Waals surface area contributed by atoms with Crippen LogP contribution in [0.25, 0.3) is 38.4 Å². The Bertz CT molecular complexity index is 2530.